The van der Waals surface area contributed by atoms with Crippen LogP contribution < -0.4 is 5.32 Å². The van der Waals surface area contributed by atoms with Crippen LogP contribution in [0, 0.1) is 6.92 Å². The molecule has 0 spiro atoms. The van der Waals surface area contributed by atoms with Crippen molar-refractivity contribution in [3.63, 3.8) is 0 Å². The number of rotatable bonds is 10. The number of Topliss-reactive ketones (excluding diaryl/α,β-unsaturated/α-hetero) is 1. The number of carbonyl (C=O) groups excluding carboxylic acids is 1. The van der Waals surface area contributed by atoms with Crippen molar-refractivity contribution in [2.75, 3.05) is 38.8 Å². The Labute approximate surface area is 118 Å². The number of carbonyl (C=O) groups is 1. The summed E-state index contributed by atoms with van der Waals surface area (Å²) in [5, 5.41) is 4.15. The number of methoxy groups -OCH3 is 1. The molecule has 0 aliphatic heterocycles. The summed E-state index contributed by atoms with van der Waals surface area (Å²) in [4.78, 5) is 11.5. The zero-order valence-corrected chi connectivity index (χ0v) is 12.6. The van der Waals surface area contributed by atoms with Crippen LogP contribution in [-0.2, 0) is 9.47 Å². The number of ketones is 1. The molecule has 1 aromatic heterocycles. The first-order valence-electron chi connectivity index (χ1n) is 6.44. The fourth-order valence-corrected chi connectivity index (χ4v) is 2.55. The van der Waals surface area contributed by atoms with Crippen molar-refractivity contribution in [3.8, 4) is 0 Å². The van der Waals surface area contributed by atoms with Gasteiger partial charge in [0.05, 0.1) is 24.5 Å². The van der Waals surface area contributed by atoms with Crippen LogP contribution in [0.25, 0.3) is 0 Å². The topological polar surface area (TPSA) is 60.5 Å². The molecule has 1 N–H and O–H groups in total. The van der Waals surface area contributed by atoms with Gasteiger partial charge in [0.15, 0.2) is 5.78 Å². The van der Waals surface area contributed by atoms with E-state index in [0.717, 1.165) is 42.3 Å². The molecule has 0 aromatic carbocycles. The monoisotopic (exact) mass is 286 g/mol. The third-order valence-electron chi connectivity index (χ3n) is 2.65. The van der Waals surface area contributed by atoms with Gasteiger partial charge in [-0.1, -0.05) is 0 Å². The molecular weight excluding hydrogens is 264 g/mol. The van der Waals surface area contributed by atoms with Crippen molar-refractivity contribution < 1.29 is 14.3 Å². The molecule has 0 unspecified atom stereocenters. The van der Waals surface area contributed by atoms with E-state index in [2.05, 4.69) is 9.69 Å². The first-order chi connectivity index (χ1) is 9.16. The fourth-order valence-electron chi connectivity index (χ4n) is 1.68. The Hall–Kier alpha value is -0.980. The van der Waals surface area contributed by atoms with Crippen LogP contribution in [0.5, 0.6) is 0 Å². The molecule has 0 radical (unpaired) electrons. The van der Waals surface area contributed by atoms with Gasteiger partial charge in [-0.05, 0) is 38.2 Å². The summed E-state index contributed by atoms with van der Waals surface area (Å²) >= 11 is 1.35. The normalized spacial score (nSPS) is 10.7. The molecule has 0 fully saturated rings. The molecule has 108 valence electrons. The number of aromatic nitrogens is 1. The predicted molar refractivity (Wildman–Crippen MR) is 77.3 cm³/mol. The number of anilines is 1. The molecule has 0 amide bonds. The van der Waals surface area contributed by atoms with Crippen LogP contribution in [0.3, 0.4) is 0 Å². The molecule has 1 rings (SSSR count). The van der Waals surface area contributed by atoms with Gasteiger partial charge in [0.25, 0.3) is 0 Å². The van der Waals surface area contributed by atoms with E-state index in [1.165, 1.54) is 11.5 Å². The average molecular weight is 286 g/mol. The van der Waals surface area contributed by atoms with E-state index in [4.69, 9.17) is 9.47 Å². The smallest absolute Gasteiger partial charge is 0.164 e. The van der Waals surface area contributed by atoms with E-state index in [-0.39, 0.29) is 5.78 Å². The van der Waals surface area contributed by atoms with E-state index in [1.807, 2.05) is 6.92 Å². The molecule has 0 aliphatic rings. The number of hydrogen-bond acceptors (Lipinski definition) is 6. The second-order valence-electron chi connectivity index (χ2n) is 4.27. The van der Waals surface area contributed by atoms with Crippen molar-refractivity contribution in [2.45, 2.75) is 26.7 Å². The molecule has 5 nitrogen and oxygen atoms in total. The second-order valence-corrected chi connectivity index (χ2v) is 5.04. The highest BCUT2D eigenvalue weighted by atomic mass is 32.1. The fraction of sp³-hybridized carbons (Fsp3) is 0.692. The summed E-state index contributed by atoms with van der Waals surface area (Å²) in [5.41, 5.74) is 1.53. The minimum Gasteiger partial charge on any atom is -0.382 e. The Kier molecular flexibility index (Phi) is 7.62. The molecule has 19 heavy (non-hydrogen) atoms. The standard InChI is InChI=1S/C13H22N2O3S/c1-10-12(11(2)16)13(19-15-10)14-6-4-5-7-18-9-8-17-3/h14H,4-9H2,1-3H3. The van der Waals surface area contributed by atoms with Gasteiger partial charge in [0.2, 0.25) is 0 Å². The Bertz CT molecular complexity index is 393. The Morgan fingerprint density at radius 1 is 1.32 bits per heavy atom. The van der Waals surface area contributed by atoms with Crippen molar-refractivity contribution in [1.29, 1.82) is 0 Å². The Balaban J connectivity index is 2.18. The van der Waals surface area contributed by atoms with E-state index in [1.54, 1.807) is 14.0 Å². The van der Waals surface area contributed by atoms with Crippen molar-refractivity contribution in [2.24, 2.45) is 0 Å². The summed E-state index contributed by atoms with van der Waals surface area (Å²) < 4.78 is 14.5. The predicted octanol–water partition coefficient (Wildman–Crippen LogP) is 2.51. The molecule has 6 heteroatoms. The SMILES string of the molecule is COCCOCCCCNc1snc(C)c1C(C)=O. The zero-order chi connectivity index (χ0) is 14.1. The number of nitrogens with zero attached hydrogens (tertiary/aromatic N) is 1. The van der Waals surface area contributed by atoms with E-state index >= 15 is 0 Å². The summed E-state index contributed by atoms with van der Waals surface area (Å²) in [6, 6.07) is 0. The lowest BCUT2D eigenvalue weighted by atomic mass is 10.2. The van der Waals surface area contributed by atoms with Gasteiger partial charge >= 0.3 is 0 Å². The van der Waals surface area contributed by atoms with Crippen LogP contribution in [0.4, 0.5) is 5.00 Å². The average Bonchev–Trinajstić information content (AvgIpc) is 2.74. The van der Waals surface area contributed by atoms with Gasteiger partial charge < -0.3 is 14.8 Å². The van der Waals surface area contributed by atoms with E-state index in [0.29, 0.717) is 13.2 Å². The lowest BCUT2D eigenvalue weighted by Gasteiger charge is -2.06. The van der Waals surface area contributed by atoms with Gasteiger partial charge in [0.1, 0.15) is 5.00 Å². The van der Waals surface area contributed by atoms with Crippen molar-refractivity contribution in [1.82, 2.24) is 4.37 Å². The first-order valence-corrected chi connectivity index (χ1v) is 7.22. The number of unbranched alkanes of at least 4 members (excludes halogenated alkanes) is 1. The third-order valence-corrected chi connectivity index (χ3v) is 3.54. The largest absolute Gasteiger partial charge is 0.382 e. The van der Waals surface area contributed by atoms with E-state index < -0.39 is 0 Å². The molecule has 0 aliphatic carbocycles. The number of nitrogens with one attached hydrogen (secondary N) is 1. The first kappa shape index (κ1) is 16.1. The Morgan fingerprint density at radius 3 is 2.79 bits per heavy atom. The van der Waals surface area contributed by atoms with Crippen LogP contribution in [-0.4, -0.2) is 43.6 Å². The van der Waals surface area contributed by atoms with E-state index in [9.17, 15) is 4.79 Å². The molecule has 1 heterocycles. The molecular formula is C13H22N2O3S. The van der Waals surface area contributed by atoms with Crippen LogP contribution in [0.15, 0.2) is 0 Å². The third kappa shape index (κ3) is 5.67. The summed E-state index contributed by atoms with van der Waals surface area (Å²) in [6.45, 7) is 6.29. The second kappa shape index (κ2) is 9.01. The van der Waals surface area contributed by atoms with Gasteiger partial charge in [-0.3, -0.25) is 4.79 Å². The van der Waals surface area contributed by atoms with Gasteiger partial charge in [-0.2, -0.15) is 4.37 Å². The minimum absolute atomic E-state index is 0.0663. The Morgan fingerprint density at radius 2 is 2.11 bits per heavy atom. The van der Waals surface area contributed by atoms with Gasteiger partial charge in [-0.15, -0.1) is 0 Å². The molecule has 1 aromatic rings. The maximum absolute atomic E-state index is 11.5. The minimum atomic E-state index is 0.0663. The number of ether oxygens (including phenoxy) is 2. The van der Waals surface area contributed by atoms with Crippen molar-refractivity contribution >= 4 is 22.3 Å². The summed E-state index contributed by atoms with van der Waals surface area (Å²) in [7, 11) is 1.66. The highest BCUT2D eigenvalue weighted by Gasteiger charge is 2.13. The molecule has 0 saturated heterocycles. The zero-order valence-electron chi connectivity index (χ0n) is 11.8. The maximum atomic E-state index is 11.5. The highest BCUT2D eigenvalue weighted by Crippen LogP contribution is 2.24. The van der Waals surface area contributed by atoms with Crippen LogP contribution in [0.1, 0.15) is 35.8 Å². The van der Waals surface area contributed by atoms with Crippen LogP contribution in [0.2, 0.25) is 0 Å². The lowest BCUT2D eigenvalue weighted by molar-refractivity contribution is 0.0691. The van der Waals surface area contributed by atoms with Crippen molar-refractivity contribution in [3.05, 3.63) is 11.3 Å². The van der Waals surface area contributed by atoms with Gasteiger partial charge in [-0.25, -0.2) is 0 Å². The summed E-state index contributed by atoms with van der Waals surface area (Å²) in [6.07, 6.45) is 1.99. The maximum Gasteiger partial charge on any atom is 0.164 e. The molecule has 0 saturated carbocycles. The van der Waals surface area contributed by atoms with Gasteiger partial charge in [0, 0.05) is 20.3 Å². The molecule has 0 atom stereocenters. The summed E-state index contributed by atoms with van der Waals surface area (Å²) in [5.74, 6) is 0.0663. The quantitative estimate of drug-likeness (QED) is 0.529. The highest BCUT2D eigenvalue weighted by molar-refractivity contribution is 7.10. The van der Waals surface area contributed by atoms with Crippen LogP contribution >= 0.6 is 11.5 Å². The number of hydrogen-bond donors (Lipinski definition) is 1. The lowest BCUT2D eigenvalue weighted by Crippen LogP contribution is -2.07. The molecule has 0 bridgehead atoms. The number of aryl methyl sites for hydroxylation is 1.